The molecule has 3 rings (SSSR count). The second kappa shape index (κ2) is 8.16. The van der Waals surface area contributed by atoms with Crippen molar-refractivity contribution < 1.29 is 26.4 Å². The van der Waals surface area contributed by atoms with Gasteiger partial charge in [-0.3, -0.25) is 4.79 Å². The Kier molecular flexibility index (Phi) is 6.00. The first kappa shape index (κ1) is 21.3. The predicted octanol–water partition coefficient (Wildman–Crippen LogP) is 3.43. The summed E-state index contributed by atoms with van der Waals surface area (Å²) in [7, 11) is -3.67. The molecule has 1 aliphatic rings. The molecule has 2 aromatic carbocycles. The van der Waals surface area contributed by atoms with E-state index in [9.17, 15) is 26.4 Å². The molecule has 1 fully saturated rings. The monoisotopic (exact) mass is 426 g/mol. The molecule has 2 aromatic rings. The highest BCUT2D eigenvalue weighted by atomic mass is 32.2. The molecular formula is C20H21F3N2O3S. The summed E-state index contributed by atoms with van der Waals surface area (Å²) in [6.07, 6.45) is -2.42. The molecule has 1 amide bonds. The highest BCUT2D eigenvalue weighted by Crippen LogP contribution is 2.29. The molecule has 0 heterocycles. The molecule has 9 heteroatoms. The molecule has 1 saturated carbocycles. The zero-order valence-electron chi connectivity index (χ0n) is 15.7. The molecule has 0 atom stereocenters. The molecule has 0 bridgehead atoms. The van der Waals surface area contributed by atoms with Crippen molar-refractivity contribution in [1.29, 1.82) is 0 Å². The minimum atomic E-state index is -4.38. The van der Waals surface area contributed by atoms with E-state index in [1.165, 1.54) is 24.3 Å². The largest absolute Gasteiger partial charge is 0.416 e. The summed E-state index contributed by atoms with van der Waals surface area (Å²) in [6.45, 7) is 1.91. The number of nitrogens with one attached hydrogen (secondary N) is 2. The summed E-state index contributed by atoms with van der Waals surface area (Å²) in [5, 5.41) is 2.69. The SMILES string of the molecule is Cc1ccc(S(=O)(=O)NC2CC2)cc1C(=O)NCCc1ccc(C(F)(F)F)cc1. The van der Waals surface area contributed by atoms with Crippen LogP contribution in [0.4, 0.5) is 13.2 Å². The van der Waals surface area contributed by atoms with Gasteiger partial charge in [-0.1, -0.05) is 18.2 Å². The van der Waals surface area contributed by atoms with Crippen LogP contribution in [-0.4, -0.2) is 26.9 Å². The Morgan fingerprint density at radius 3 is 2.34 bits per heavy atom. The minimum Gasteiger partial charge on any atom is -0.352 e. The van der Waals surface area contributed by atoms with Crippen molar-refractivity contribution in [1.82, 2.24) is 10.0 Å². The van der Waals surface area contributed by atoms with Gasteiger partial charge in [-0.05, 0) is 61.6 Å². The van der Waals surface area contributed by atoms with Crippen LogP contribution in [0.5, 0.6) is 0 Å². The van der Waals surface area contributed by atoms with Crippen LogP contribution >= 0.6 is 0 Å². The maximum atomic E-state index is 12.6. The van der Waals surface area contributed by atoms with Gasteiger partial charge >= 0.3 is 6.18 Å². The van der Waals surface area contributed by atoms with Gasteiger partial charge in [0.25, 0.3) is 5.91 Å². The van der Waals surface area contributed by atoms with E-state index in [-0.39, 0.29) is 23.0 Å². The molecule has 0 spiro atoms. The molecular weight excluding hydrogens is 405 g/mol. The number of benzene rings is 2. The van der Waals surface area contributed by atoms with Gasteiger partial charge < -0.3 is 5.32 Å². The van der Waals surface area contributed by atoms with E-state index in [1.807, 2.05) is 0 Å². The van der Waals surface area contributed by atoms with Crippen molar-refractivity contribution in [2.24, 2.45) is 0 Å². The van der Waals surface area contributed by atoms with Crippen molar-refractivity contribution in [3.63, 3.8) is 0 Å². The highest BCUT2D eigenvalue weighted by Gasteiger charge is 2.30. The van der Waals surface area contributed by atoms with Gasteiger partial charge in [-0.25, -0.2) is 13.1 Å². The van der Waals surface area contributed by atoms with Crippen LogP contribution < -0.4 is 10.0 Å². The number of alkyl halides is 3. The first-order chi connectivity index (χ1) is 13.6. The number of hydrogen-bond donors (Lipinski definition) is 2. The summed E-state index contributed by atoms with van der Waals surface area (Å²) >= 11 is 0. The van der Waals surface area contributed by atoms with Crippen LogP contribution in [0, 0.1) is 6.92 Å². The van der Waals surface area contributed by atoms with Crippen molar-refractivity contribution in [2.45, 2.75) is 43.3 Å². The topological polar surface area (TPSA) is 75.3 Å². The maximum Gasteiger partial charge on any atom is 0.416 e. The lowest BCUT2D eigenvalue weighted by Gasteiger charge is -2.11. The third-order valence-corrected chi connectivity index (χ3v) is 6.16. The van der Waals surface area contributed by atoms with Crippen LogP contribution in [0.3, 0.4) is 0 Å². The van der Waals surface area contributed by atoms with Crippen LogP contribution in [0.2, 0.25) is 0 Å². The van der Waals surface area contributed by atoms with Crippen molar-refractivity contribution in [3.8, 4) is 0 Å². The number of hydrogen-bond acceptors (Lipinski definition) is 3. The number of aryl methyl sites for hydroxylation is 1. The van der Waals surface area contributed by atoms with Crippen LogP contribution in [-0.2, 0) is 22.6 Å². The molecule has 156 valence electrons. The van der Waals surface area contributed by atoms with Gasteiger partial charge in [-0.2, -0.15) is 13.2 Å². The molecule has 29 heavy (non-hydrogen) atoms. The lowest BCUT2D eigenvalue weighted by atomic mass is 10.1. The van der Waals surface area contributed by atoms with E-state index >= 15 is 0 Å². The summed E-state index contributed by atoms with van der Waals surface area (Å²) in [5.41, 5.74) is 0.803. The Hall–Kier alpha value is -2.39. The smallest absolute Gasteiger partial charge is 0.352 e. The first-order valence-electron chi connectivity index (χ1n) is 9.13. The zero-order chi connectivity index (χ0) is 21.2. The average Bonchev–Trinajstić information content (AvgIpc) is 3.44. The summed E-state index contributed by atoms with van der Waals surface area (Å²) in [6, 6.07) is 9.08. The van der Waals surface area contributed by atoms with E-state index in [4.69, 9.17) is 0 Å². The predicted molar refractivity (Wildman–Crippen MR) is 102 cm³/mol. The number of carbonyl (C=O) groups excluding carboxylic acids is 1. The lowest BCUT2D eigenvalue weighted by Crippen LogP contribution is -2.28. The van der Waals surface area contributed by atoms with Gasteiger partial charge in [0.2, 0.25) is 10.0 Å². The number of rotatable bonds is 7. The van der Waals surface area contributed by atoms with E-state index in [2.05, 4.69) is 10.0 Å². The number of sulfonamides is 1. The summed E-state index contributed by atoms with van der Waals surface area (Å²) in [4.78, 5) is 12.5. The van der Waals surface area contributed by atoms with E-state index in [1.54, 1.807) is 13.0 Å². The second-order valence-corrected chi connectivity index (χ2v) is 8.79. The lowest BCUT2D eigenvalue weighted by molar-refractivity contribution is -0.137. The molecule has 1 aliphatic carbocycles. The summed E-state index contributed by atoms with van der Waals surface area (Å²) < 4.78 is 65.0. The Morgan fingerprint density at radius 1 is 1.10 bits per heavy atom. The van der Waals surface area contributed by atoms with E-state index < -0.39 is 27.7 Å². The molecule has 0 saturated heterocycles. The molecule has 5 nitrogen and oxygen atoms in total. The van der Waals surface area contributed by atoms with Gasteiger partial charge in [-0.15, -0.1) is 0 Å². The van der Waals surface area contributed by atoms with Crippen LogP contribution in [0.15, 0.2) is 47.4 Å². The third kappa shape index (κ3) is 5.57. The van der Waals surface area contributed by atoms with E-state index in [0.717, 1.165) is 25.0 Å². The number of halogens is 3. The fourth-order valence-corrected chi connectivity index (χ4v) is 4.11. The third-order valence-electron chi connectivity index (χ3n) is 4.64. The molecule has 2 N–H and O–H groups in total. The Bertz CT molecular complexity index is 999. The fraction of sp³-hybridized carbons (Fsp3) is 0.350. The molecule has 0 unspecified atom stereocenters. The van der Waals surface area contributed by atoms with Crippen LogP contribution in [0.25, 0.3) is 0 Å². The maximum absolute atomic E-state index is 12.6. The standard InChI is InChI=1S/C20H21F3N2O3S/c1-13-2-9-17(29(27,28)25-16-7-8-16)12-18(13)19(26)24-11-10-14-3-5-15(6-4-14)20(21,22)23/h2-6,9,12,16,25H,7-8,10-11H2,1H3,(H,24,26). The fourth-order valence-electron chi connectivity index (χ4n) is 2.78. The van der Waals surface area contributed by atoms with Crippen molar-refractivity contribution in [2.75, 3.05) is 6.54 Å². The second-order valence-electron chi connectivity index (χ2n) is 7.07. The number of amides is 1. The normalized spacial score (nSPS) is 14.6. The highest BCUT2D eigenvalue weighted by molar-refractivity contribution is 7.89. The molecule has 0 aromatic heterocycles. The number of carbonyl (C=O) groups is 1. The van der Waals surface area contributed by atoms with Gasteiger partial charge in [0.15, 0.2) is 0 Å². The molecule has 0 radical (unpaired) electrons. The Morgan fingerprint density at radius 2 is 1.76 bits per heavy atom. The Labute approximate surface area is 167 Å². The van der Waals surface area contributed by atoms with Gasteiger partial charge in [0.05, 0.1) is 10.5 Å². The molecule has 0 aliphatic heterocycles. The van der Waals surface area contributed by atoms with Crippen molar-refractivity contribution in [3.05, 3.63) is 64.7 Å². The van der Waals surface area contributed by atoms with Crippen LogP contribution in [0.1, 0.15) is 39.9 Å². The van der Waals surface area contributed by atoms with Gasteiger partial charge in [0, 0.05) is 18.2 Å². The summed E-state index contributed by atoms with van der Waals surface area (Å²) in [5.74, 6) is -0.433. The minimum absolute atomic E-state index is 0.0305. The first-order valence-corrected chi connectivity index (χ1v) is 10.6. The van der Waals surface area contributed by atoms with Gasteiger partial charge in [0.1, 0.15) is 0 Å². The average molecular weight is 426 g/mol. The Balaban J connectivity index is 1.62. The zero-order valence-corrected chi connectivity index (χ0v) is 16.5. The quantitative estimate of drug-likeness (QED) is 0.712. The van der Waals surface area contributed by atoms with E-state index in [0.29, 0.717) is 17.5 Å². The van der Waals surface area contributed by atoms with Crippen molar-refractivity contribution >= 4 is 15.9 Å².